The summed E-state index contributed by atoms with van der Waals surface area (Å²) in [6.07, 6.45) is -2.39. The molecule has 3 N–H and O–H groups in total. The summed E-state index contributed by atoms with van der Waals surface area (Å²) in [6, 6.07) is 35.3. The standard InChI is InChI=1S/C50H47N5O9/c1-29(2)25-42-45(58)54-41-24-14-12-22-38(41)50(47(54)55(42)49(61)63-27-31-15-5-4-6-16-31)26-40(46(59)64-50)53-44(57)36-21-11-13-23-39(36)52-43(56)30(3)51-48(60)62-28-37-34-19-9-7-17-32(34)33-18-8-10-20-35(33)37/h4-24,29-30,37,40,42,47H,25-28H2,1-3H3,(H,51,60)(H,52,56)(H,53,57)/t30-,40+,42-,47+,50+/m0/s1. The number of nitrogens with zero attached hydrogens (tertiary/aromatic N) is 2. The number of fused-ring (bicyclic) bond motifs is 8. The first-order chi connectivity index (χ1) is 30.9. The molecule has 1 spiro atoms. The first-order valence-corrected chi connectivity index (χ1v) is 21.4. The van der Waals surface area contributed by atoms with Crippen molar-refractivity contribution in [2.45, 2.75) is 76.0 Å². The van der Waals surface area contributed by atoms with E-state index in [9.17, 15) is 28.8 Å². The summed E-state index contributed by atoms with van der Waals surface area (Å²) in [5.41, 5.74) is 4.70. The number of alkyl carbamates (subject to hydrolysis) is 1. The third kappa shape index (κ3) is 7.48. The second kappa shape index (κ2) is 17.0. The second-order valence-corrected chi connectivity index (χ2v) is 17.0. The Bertz CT molecular complexity index is 2630. The number of hydrogen-bond acceptors (Lipinski definition) is 9. The molecule has 5 amide bonds. The Hall–Kier alpha value is -7.48. The van der Waals surface area contributed by atoms with E-state index in [1.165, 1.54) is 28.9 Å². The van der Waals surface area contributed by atoms with Crippen LogP contribution in [0.15, 0.2) is 127 Å². The Balaban J connectivity index is 0.889. The van der Waals surface area contributed by atoms with Crippen molar-refractivity contribution in [3.8, 4) is 11.1 Å². The lowest BCUT2D eigenvalue weighted by Crippen LogP contribution is -2.54. The van der Waals surface area contributed by atoms with Gasteiger partial charge in [-0.25, -0.2) is 14.4 Å². The number of ether oxygens (including phenoxy) is 3. The first-order valence-electron chi connectivity index (χ1n) is 21.4. The molecule has 0 bridgehead atoms. The van der Waals surface area contributed by atoms with Gasteiger partial charge in [-0.1, -0.05) is 123 Å². The third-order valence-corrected chi connectivity index (χ3v) is 12.4. The topological polar surface area (TPSA) is 173 Å². The van der Waals surface area contributed by atoms with E-state index in [-0.39, 0.29) is 48.6 Å². The van der Waals surface area contributed by atoms with Gasteiger partial charge in [-0.3, -0.25) is 24.2 Å². The quantitative estimate of drug-likeness (QED) is 0.0915. The number of carbonyl (C=O) groups is 6. The SMILES string of the molecule is CC(C)C[C@H]1C(=O)N2c3ccccc3[C@]3(C[C@@H](NC(=O)c4ccccc4NC(=O)[C@H](C)NC(=O)OCC4c5ccccc5-c5ccccc54)C(=O)O3)[C@H]2N1C(=O)OCc1ccccc1. The summed E-state index contributed by atoms with van der Waals surface area (Å²) in [5.74, 6) is -2.52. The Labute approximate surface area is 369 Å². The van der Waals surface area contributed by atoms with Crippen LogP contribution in [0.4, 0.5) is 21.0 Å². The molecular formula is C50H47N5O9. The molecule has 64 heavy (non-hydrogen) atoms. The summed E-state index contributed by atoms with van der Waals surface area (Å²) in [4.78, 5) is 85.9. The van der Waals surface area contributed by atoms with Gasteiger partial charge in [0, 0.05) is 17.9 Å². The van der Waals surface area contributed by atoms with E-state index in [4.69, 9.17) is 14.2 Å². The normalized spacial score (nSPS) is 20.8. The van der Waals surface area contributed by atoms with E-state index in [0.29, 0.717) is 17.7 Å². The van der Waals surface area contributed by atoms with Crippen molar-refractivity contribution in [3.05, 3.63) is 155 Å². The Morgan fingerprint density at radius 2 is 1.42 bits per heavy atom. The average molecular weight is 862 g/mol. The smallest absolute Gasteiger partial charge is 0.412 e. The molecule has 2 saturated heterocycles. The van der Waals surface area contributed by atoms with Crippen molar-refractivity contribution in [1.82, 2.24) is 15.5 Å². The highest BCUT2D eigenvalue weighted by molar-refractivity contribution is 6.08. The molecule has 3 heterocycles. The third-order valence-electron chi connectivity index (χ3n) is 12.4. The van der Waals surface area contributed by atoms with Gasteiger partial charge in [0.15, 0.2) is 11.8 Å². The van der Waals surface area contributed by atoms with Gasteiger partial charge in [-0.05, 0) is 65.3 Å². The average Bonchev–Trinajstić information content (AvgIpc) is 3.98. The maximum absolute atomic E-state index is 14.3. The highest BCUT2D eigenvalue weighted by atomic mass is 16.6. The number of para-hydroxylation sites is 2. The van der Waals surface area contributed by atoms with Crippen LogP contribution in [0, 0.1) is 5.92 Å². The van der Waals surface area contributed by atoms with Crippen LogP contribution >= 0.6 is 0 Å². The van der Waals surface area contributed by atoms with Gasteiger partial charge in [-0.2, -0.15) is 0 Å². The van der Waals surface area contributed by atoms with Crippen LogP contribution in [0.5, 0.6) is 0 Å². The van der Waals surface area contributed by atoms with Crippen molar-refractivity contribution in [3.63, 3.8) is 0 Å². The monoisotopic (exact) mass is 861 g/mol. The summed E-state index contributed by atoms with van der Waals surface area (Å²) in [7, 11) is 0. The molecule has 0 aromatic heterocycles. The molecule has 14 heteroatoms. The minimum Gasteiger partial charge on any atom is -0.449 e. The van der Waals surface area contributed by atoms with E-state index in [1.807, 2.05) is 92.7 Å². The van der Waals surface area contributed by atoms with Gasteiger partial charge in [0.1, 0.15) is 31.3 Å². The van der Waals surface area contributed by atoms with Crippen LogP contribution < -0.4 is 20.9 Å². The van der Waals surface area contributed by atoms with Gasteiger partial charge in [0.25, 0.3) is 11.8 Å². The number of hydrogen-bond donors (Lipinski definition) is 3. The number of anilines is 2. The van der Waals surface area contributed by atoms with Gasteiger partial charge in [-0.15, -0.1) is 0 Å². The summed E-state index contributed by atoms with van der Waals surface area (Å²) >= 11 is 0. The van der Waals surface area contributed by atoms with Crippen LogP contribution in [0.1, 0.15) is 72.1 Å². The van der Waals surface area contributed by atoms with Gasteiger partial charge in [0.2, 0.25) is 5.91 Å². The van der Waals surface area contributed by atoms with E-state index < -0.39 is 59.9 Å². The maximum atomic E-state index is 14.3. The van der Waals surface area contributed by atoms with Gasteiger partial charge in [0.05, 0.1) is 16.9 Å². The van der Waals surface area contributed by atoms with E-state index in [2.05, 4.69) is 16.0 Å². The fraction of sp³-hybridized carbons (Fsp3) is 0.280. The van der Waals surface area contributed by atoms with Crippen LogP contribution in [0.25, 0.3) is 11.1 Å². The first kappa shape index (κ1) is 41.9. The highest BCUT2D eigenvalue weighted by Gasteiger charge is 2.69. The predicted molar refractivity (Wildman–Crippen MR) is 236 cm³/mol. The van der Waals surface area contributed by atoms with Crippen LogP contribution in [-0.2, 0) is 40.8 Å². The Morgan fingerprint density at radius 3 is 2.14 bits per heavy atom. The van der Waals surface area contributed by atoms with Crippen molar-refractivity contribution >= 4 is 47.3 Å². The van der Waals surface area contributed by atoms with Crippen LogP contribution in [-0.4, -0.2) is 71.7 Å². The number of carbonyl (C=O) groups excluding carboxylic acids is 6. The fourth-order valence-electron chi connectivity index (χ4n) is 9.50. The number of nitrogens with one attached hydrogen (secondary N) is 3. The Kier molecular flexibility index (Phi) is 11.1. The molecule has 9 rings (SSSR count). The zero-order valence-electron chi connectivity index (χ0n) is 35.5. The van der Waals surface area contributed by atoms with E-state index in [1.54, 1.807) is 36.4 Å². The zero-order chi connectivity index (χ0) is 44.7. The van der Waals surface area contributed by atoms with Crippen molar-refractivity contribution in [2.75, 3.05) is 16.8 Å². The summed E-state index contributed by atoms with van der Waals surface area (Å²) < 4.78 is 17.7. The molecule has 1 aliphatic carbocycles. The molecule has 0 radical (unpaired) electrons. The highest BCUT2D eigenvalue weighted by Crippen LogP contribution is 2.56. The van der Waals surface area contributed by atoms with Gasteiger partial charge < -0.3 is 30.2 Å². The molecule has 5 aromatic carbocycles. The number of rotatable bonds is 11. The maximum Gasteiger partial charge on any atom is 0.412 e. The van der Waals surface area contributed by atoms with Crippen molar-refractivity contribution in [2.24, 2.45) is 5.92 Å². The van der Waals surface area contributed by atoms with Crippen molar-refractivity contribution in [1.29, 1.82) is 0 Å². The second-order valence-electron chi connectivity index (χ2n) is 17.0. The predicted octanol–water partition coefficient (Wildman–Crippen LogP) is 7.23. The number of esters is 1. The summed E-state index contributed by atoms with van der Waals surface area (Å²) in [5, 5.41) is 8.10. The van der Waals surface area contributed by atoms with E-state index in [0.717, 1.165) is 27.8 Å². The molecule has 5 aromatic rings. The molecule has 326 valence electrons. The van der Waals surface area contributed by atoms with Crippen molar-refractivity contribution < 1.29 is 43.0 Å². The molecule has 14 nitrogen and oxygen atoms in total. The fourth-order valence-corrected chi connectivity index (χ4v) is 9.50. The Morgan fingerprint density at radius 1 is 0.781 bits per heavy atom. The largest absolute Gasteiger partial charge is 0.449 e. The lowest BCUT2D eigenvalue weighted by Gasteiger charge is -2.36. The van der Waals surface area contributed by atoms with Crippen LogP contribution in [0.2, 0.25) is 0 Å². The minimum absolute atomic E-state index is 0.0232. The molecule has 0 unspecified atom stereocenters. The van der Waals surface area contributed by atoms with Crippen LogP contribution in [0.3, 0.4) is 0 Å². The van der Waals surface area contributed by atoms with E-state index >= 15 is 0 Å². The molecule has 3 aliphatic heterocycles. The van der Waals surface area contributed by atoms with Gasteiger partial charge >= 0.3 is 18.2 Å². The lowest BCUT2D eigenvalue weighted by molar-refractivity contribution is -0.154. The number of benzene rings is 5. The molecule has 2 fully saturated rings. The molecule has 0 saturated carbocycles. The zero-order valence-corrected chi connectivity index (χ0v) is 35.5. The molecule has 4 aliphatic rings. The molecular weight excluding hydrogens is 815 g/mol. The lowest BCUT2D eigenvalue weighted by atomic mass is 9.87. The summed E-state index contributed by atoms with van der Waals surface area (Å²) in [6.45, 7) is 5.44. The minimum atomic E-state index is -1.55. The molecule has 5 atom stereocenters. The number of amides is 5.